The number of tetrazole rings is 1. The summed E-state index contributed by atoms with van der Waals surface area (Å²) in [5, 5.41) is 13.8. The molecule has 0 aliphatic rings. The van der Waals surface area contributed by atoms with Crippen molar-refractivity contribution in [1.29, 1.82) is 0 Å². The number of nitrogens with zero attached hydrogens (tertiary/aromatic N) is 4. The summed E-state index contributed by atoms with van der Waals surface area (Å²) in [6.07, 6.45) is 1.48. The van der Waals surface area contributed by atoms with Crippen molar-refractivity contribution in [3.8, 4) is 11.4 Å². The fourth-order valence-corrected chi connectivity index (χ4v) is 2.71. The van der Waals surface area contributed by atoms with E-state index in [9.17, 15) is 9.18 Å². The SMILES string of the molecule is O=C(Nc1cccc(OCc2cccc(F)c2)c1)c1ccc(-n2cnnn2)cc1. The first kappa shape index (κ1) is 18.3. The number of halogens is 1. The Balaban J connectivity index is 1.40. The maximum atomic E-state index is 13.3. The quantitative estimate of drug-likeness (QED) is 0.545. The Labute approximate surface area is 165 Å². The zero-order valence-corrected chi connectivity index (χ0v) is 15.2. The maximum absolute atomic E-state index is 13.3. The van der Waals surface area contributed by atoms with Crippen LogP contribution in [0.5, 0.6) is 5.75 Å². The van der Waals surface area contributed by atoms with Crippen molar-refractivity contribution in [2.24, 2.45) is 0 Å². The van der Waals surface area contributed by atoms with Gasteiger partial charge in [0.2, 0.25) is 0 Å². The van der Waals surface area contributed by atoms with Crippen LogP contribution in [0.25, 0.3) is 5.69 Å². The van der Waals surface area contributed by atoms with Crippen LogP contribution >= 0.6 is 0 Å². The molecule has 0 atom stereocenters. The first-order valence-electron chi connectivity index (χ1n) is 8.79. The van der Waals surface area contributed by atoms with Crippen LogP contribution in [-0.4, -0.2) is 26.1 Å². The fourth-order valence-electron chi connectivity index (χ4n) is 2.71. The van der Waals surface area contributed by atoms with Crippen molar-refractivity contribution in [2.75, 3.05) is 5.32 Å². The van der Waals surface area contributed by atoms with E-state index in [1.807, 2.05) is 0 Å². The molecule has 29 heavy (non-hydrogen) atoms. The molecule has 0 bridgehead atoms. The zero-order valence-electron chi connectivity index (χ0n) is 15.2. The van der Waals surface area contributed by atoms with E-state index in [-0.39, 0.29) is 18.3 Å². The van der Waals surface area contributed by atoms with Crippen LogP contribution in [0.4, 0.5) is 10.1 Å². The van der Waals surface area contributed by atoms with Crippen LogP contribution in [0.2, 0.25) is 0 Å². The average molecular weight is 389 g/mol. The Morgan fingerprint density at radius 2 is 1.86 bits per heavy atom. The summed E-state index contributed by atoms with van der Waals surface area (Å²) in [6.45, 7) is 0.230. The predicted octanol–water partition coefficient (Wildman–Crippen LogP) is 3.63. The summed E-state index contributed by atoms with van der Waals surface area (Å²) in [7, 11) is 0. The van der Waals surface area contributed by atoms with Crippen LogP contribution in [0, 0.1) is 5.82 Å². The largest absolute Gasteiger partial charge is 0.489 e. The molecule has 8 heteroatoms. The molecule has 3 aromatic carbocycles. The van der Waals surface area contributed by atoms with E-state index in [0.717, 1.165) is 11.3 Å². The van der Waals surface area contributed by atoms with E-state index in [2.05, 4.69) is 20.8 Å². The molecule has 4 rings (SSSR count). The highest BCUT2D eigenvalue weighted by molar-refractivity contribution is 6.04. The molecule has 0 saturated heterocycles. The normalized spacial score (nSPS) is 10.5. The Kier molecular flexibility index (Phi) is 5.24. The van der Waals surface area contributed by atoms with Gasteiger partial charge in [-0.15, -0.1) is 5.10 Å². The second-order valence-corrected chi connectivity index (χ2v) is 6.20. The predicted molar refractivity (Wildman–Crippen MR) is 104 cm³/mol. The van der Waals surface area contributed by atoms with Gasteiger partial charge in [0.15, 0.2) is 0 Å². The van der Waals surface area contributed by atoms with E-state index < -0.39 is 0 Å². The Morgan fingerprint density at radius 3 is 2.62 bits per heavy atom. The van der Waals surface area contributed by atoms with Gasteiger partial charge in [0.1, 0.15) is 24.5 Å². The number of amides is 1. The zero-order chi connectivity index (χ0) is 20.1. The number of anilines is 1. The molecule has 144 valence electrons. The number of nitrogens with one attached hydrogen (secondary N) is 1. The standard InChI is InChI=1S/C21H16FN5O2/c22-17-4-1-3-15(11-17)13-29-20-6-2-5-18(12-20)24-21(28)16-7-9-19(10-8-16)27-14-23-25-26-27/h1-12,14H,13H2,(H,24,28). The molecule has 0 fully saturated rings. The van der Waals surface area contributed by atoms with Crippen LogP contribution in [-0.2, 0) is 6.61 Å². The van der Waals surface area contributed by atoms with Crippen LogP contribution in [0.1, 0.15) is 15.9 Å². The summed E-state index contributed by atoms with van der Waals surface area (Å²) < 4.78 is 20.4. The number of rotatable bonds is 6. The van der Waals surface area contributed by atoms with E-state index in [4.69, 9.17) is 4.74 Å². The van der Waals surface area contributed by atoms with Gasteiger partial charge in [-0.2, -0.15) is 0 Å². The van der Waals surface area contributed by atoms with Crippen molar-refractivity contribution >= 4 is 11.6 Å². The second kappa shape index (κ2) is 8.30. The number of carbonyl (C=O) groups is 1. The van der Waals surface area contributed by atoms with Crippen molar-refractivity contribution in [3.05, 3.63) is 96.1 Å². The van der Waals surface area contributed by atoms with Gasteiger partial charge < -0.3 is 10.1 Å². The molecule has 0 aliphatic carbocycles. The van der Waals surface area contributed by atoms with Crippen LogP contribution < -0.4 is 10.1 Å². The third-order valence-electron chi connectivity index (χ3n) is 4.13. The maximum Gasteiger partial charge on any atom is 0.255 e. The minimum atomic E-state index is -0.307. The van der Waals surface area contributed by atoms with Gasteiger partial charge in [-0.25, -0.2) is 9.07 Å². The van der Waals surface area contributed by atoms with Crippen molar-refractivity contribution in [1.82, 2.24) is 20.2 Å². The number of ether oxygens (including phenoxy) is 1. The number of hydrogen-bond acceptors (Lipinski definition) is 5. The average Bonchev–Trinajstić information content (AvgIpc) is 3.28. The third-order valence-corrected chi connectivity index (χ3v) is 4.13. The fraction of sp³-hybridized carbons (Fsp3) is 0.0476. The molecular formula is C21H16FN5O2. The van der Waals surface area contributed by atoms with Gasteiger partial charge in [-0.05, 0) is 64.5 Å². The third kappa shape index (κ3) is 4.62. The van der Waals surface area contributed by atoms with E-state index >= 15 is 0 Å². The van der Waals surface area contributed by atoms with Gasteiger partial charge in [0, 0.05) is 17.3 Å². The molecular weight excluding hydrogens is 373 g/mol. The highest BCUT2D eigenvalue weighted by Gasteiger charge is 2.08. The minimum absolute atomic E-state index is 0.230. The van der Waals surface area contributed by atoms with E-state index in [1.54, 1.807) is 60.7 Å². The Morgan fingerprint density at radius 1 is 1.03 bits per heavy atom. The van der Waals surface area contributed by atoms with E-state index in [0.29, 0.717) is 17.0 Å². The van der Waals surface area contributed by atoms with Crippen LogP contribution in [0.15, 0.2) is 79.1 Å². The molecule has 7 nitrogen and oxygen atoms in total. The molecule has 1 heterocycles. The summed E-state index contributed by atoms with van der Waals surface area (Å²) in [5.41, 5.74) is 2.56. The Hall–Kier alpha value is -4.07. The van der Waals surface area contributed by atoms with Gasteiger partial charge in [0.05, 0.1) is 5.69 Å². The lowest BCUT2D eigenvalue weighted by Gasteiger charge is -2.10. The molecule has 0 unspecified atom stereocenters. The molecule has 1 amide bonds. The number of hydrogen-bond donors (Lipinski definition) is 1. The van der Waals surface area contributed by atoms with Crippen molar-refractivity contribution in [3.63, 3.8) is 0 Å². The topological polar surface area (TPSA) is 81.9 Å². The van der Waals surface area contributed by atoms with Crippen LogP contribution in [0.3, 0.4) is 0 Å². The molecule has 0 saturated carbocycles. The smallest absolute Gasteiger partial charge is 0.255 e. The molecule has 4 aromatic rings. The van der Waals surface area contributed by atoms with Gasteiger partial charge >= 0.3 is 0 Å². The first-order chi connectivity index (χ1) is 14.2. The van der Waals surface area contributed by atoms with E-state index in [1.165, 1.54) is 23.1 Å². The van der Waals surface area contributed by atoms with Crippen molar-refractivity contribution in [2.45, 2.75) is 6.61 Å². The lowest BCUT2D eigenvalue weighted by Crippen LogP contribution is -2.12. The summed E-state index contributed by atoms with van der Waals surface area (Å²) in [6, 6.07) is 20.1. The van der Waals surface area contributed by atoms with Gasteiger partial charge in [-0.3, -0.25) is 4.79 Å². The molecule has 0 spiro atoms. The highest BCUT2D eigenvalue weighted by atomic mass is 19.1. The number of benzene rings is 3. The van der Waals surface area contributed by atoms with Gasteiger partial charge in [0.25, 0.3) is 5.91 Å². The summed E-state index contributed by atoms with van der Waals surface area (Å²) in [5.74, 6) is 0.00912. The lowest BCUT2D eigenvalue weighted by molar-refractivity contribution is 0.102. The monoisotopic (exact) mass is 389 g/mol. The Bertz CT molecular complexity index is 1110. The number of aromatic nitrogens is 4. The van der Waals surface area contributed by atoms with Gasteiger partial charge in [-0.1, -0.05) is 18.2 Å². The summed E-state index contributed by atoms with van der Waals surface area (Å²) in [4.78, 5) is 12.5. The lowest BCUT2D eigenvalue weighted by atomic mass is 10.2. The number of carbonyl (C=O) groups excluding carboxylic acids is 1. The molecule has 1 aromatic heterocycles. The molecule has 0 aliphatic heterocycles. The molecule has 0 radical (unpaired) electrons. The highest BCUT2D eigenvalue weighted by Crippen LogP contribution is 2.20. The second-order valence-electron chi connectivity index (χ2n) is 6.20. The minimum Gasteiger partial charge on any atom is -0.489 e. The van der Waals surface area contributed by atoms with Crippen molar-refractivity contribution < 1.29 is 13.9 Å². The first-order valence-corrected chi connectivity index (χ1v) is 8.79. The molecule has 1 N–H and O–H groups in total. The summed E-state index contributed by atoms with van der Waals surface area (Å²) >= 11 is 0.